The summed E-state index contributed by atoms with van der Waals surface area (Å²) in [6, 6.07) is 5.37. The molecule has 0 aliphatic rings. The molecular weight excluding hydrogens is 248 g/mol. The minimum Gasteiger partial charge on any atom is -0.345 e. The molecule has 0 aliphatic carbocycles. The van der Waals surface area contributed by atoms with Crippen LogP contribution in [0.5, 0.6) is 0 Å². The standard InChI is InChI=1S/C13H16N2O4/c1-13(2,3)11(16)8-14-12(17)9-5-4-6-10(7-9)15(18)19/h4-7H,8H2,1-3H3,(H,14,17). The summed E-state index contributed by atoms with van der Waals surface area (Å²) in [5.41, 5.74) is -0.526. The Labute approximate surface area is 111 Å². The molecule has 0 heterocycles. The van der Waals surface area contributed by atoms with E-state index in [0.717, 1.165) is 0 Å². The molecule has 102 valence electrons. The van der Waals surface area contributed by atoms with E-state index in [2.05, 4.69) is 5.32 Å². The van der Waals surface area contributed by atoms with E-state index in [9.17, 15) is 19.7 Å². The smallest absolute Gasteiger partial charge is 0.270 e. The lowest BCUT2D eigenvalue weighted by Gasteiger charge is -2.16. The maximum absolute atomic E-state index is 11.8. The van der Waals surface area contributed by atoms with Gasteiger partial charge in [0.15, 0.2) is 5.78 Å². The molecule has 0 unspecified atom stereocenters. The highest BCUT2D eigenvalue weighted by Gasteiger charge is 2.21. The molecule has 0 atom stereocenters. The van der Waals surface area contributed by atoms with Crippen molar-refractivity contribution in [2.45, 2.75) is 20.8 Å². The van der Waals surface area contributed by atoms with Gasteiger partial charge in [-0.3, -0.25) is 19.7 Å². The minimum atomic E-state index is -0.572. The Hall–Kier alpha value is -2.24. The van der Waals surface area contributed by atoms with Crippen molar-refractivity contribution in [1.82, 2.24) is 5.32 Å². The Balaban J connectivity index is 2.72. The number of hydrogen-bond donors (Lipinski definition) is 1. The fourth-order valence-electron chi connectivity index (χ4n) is 1.29. The molecule has 0 aromatic heterocycles. The lowest BCUT2D eigenvalue weighted by atomic mass is 9.91. The lowest BCUT2D eigenvalue weighted by molar-refractivity contribution is -0.384. The van der Waals surface area contributed by atoms with Crippen molar-refractivity contribution >= 4 is 17.4 Å². The first-order valence-corrected chi connectivity index (χ1v) is 5.78. The topological polar surface area (TPSA) is 89.3 Å². The number of carbonyl (C=O) groups excluding carboxylic acids is 2. The van der Waals surface area contributed by atoms with E-state index in [-0.39, 0.29) is 23.6 Å². The summed E-state index contributed by atoms with van der Waals surface area (Å²) in [5, 5.41) is 13.1. The number of Topliss-reactive ketones (excluding diaryl/α,β-unsaturated/α-hetero) is 1. The number of non-ortho nitro benzene ring substituents is 1. The van der Waals surface area contributed by atoms with Crippen LogP contribution in [0.15, 0.2) is 24.3 Å². The van der Waals surface area contributed by atoms with Gasteiger partial charge in [0.2, 0.25) is 0 Å². The average molecular weight is 264 g/mol. The molecule has 1 rings (SSSR count). The molecule has 1 N–H and O–H groups in total. The highest BCUT2D eigenvalue weighted by molar-refractivity contribution is 5.97. The van der Waals surface area contributed by atoms with Crippen LogP contribution in [0, 0.1) is 15.5 Å². The Morgan fingerprint density at radius 3 is 2.47 bits per heavy atom. The number of nitro groups is 1. The Morgan fingerprint density at radius 2 is 1.95 bits per heavy atom. The number of benzene rings is 1. The summed E-state index contributed by atoms with van der Waals surface area (Å²) in [4.78, 5) is 33.4. The van der Waals surface area contributed by atoms with Crippen molar-refractivity contribution in [3.63, 3.8) is 0 Å². The minimum absolute atomic E-state index is 0.0922. The van der Waals surface area contributed by atoms with Gasteiger partial charge in [-0.15, -0.1) is 0 Å². The van der Waals surface area contributed by atoms with E-state index in [1.165, 1.54) is 24.3 Å². The number of nitrogens with zero attached hydrogens (tertiary/aromatic N) is 1. The van der Waals surface area contributed by atoms with Gasteiger partial charge in [-0.25, -0.2) is 0 Å². The number of nitrogens with one attached hydrogen (secondary N) is 1. The molecule has 0 fully saturated rings. The van der Waals surface area contributed by atoms with E-state index >= 15 is 0 Å². The summed E-state index contributed by atoms with van der Waals surface area (Å²) in [6.45, 7) is 5.18. The second-order valence-electron chi connectivity index (χ2n) is 5.16. The van der Waals surface area contributed by atoms with E-state index in [1.54, 1.807) is 20.8 Å². The Bertz CT molecular complexity index is 518. The van der Waals surface area contributed by atoms with Gasteiger partial charge < -0.3 is 5.32 Å². The zero-order valence-electron chi connectivity index (χ0n) is 11.1. The van der Waals surface area contributed by atoms with Gasteiger partial charge in [-0.2, -0.15) is 0 Å². The molecule has 0 bridgehead atoms. The molecule has 6 heteroatoms. The van der Waals surface area contributed by atoms with Gasteiger partial charge >= 0.3 is 0 Å². The van der Waals surface area contributed by atoms with Crippen molar-refractivity contribution in [2.24, 2.45) is 5.41 Å². The maximum Gasteiger partial charge on any atom is 0.270 e. The monoisotopic (exact) mass is 264 g/mol. The van der Waals surface area contributed by atoms with Gasteiger partial charge in [-0.1, -0.05) is 26.8 Å². The first-order chi connectivity index (χ1) is 8.71. The fourth-order valence-corrected chi connectivity index (χ4v) is 1.29. The van der Waals surface area contributed by atoms with E-state index < -0.39 is 16.2 Å². The van der Waals surface area contributed by atoms with Crippen molar-refractivity contribution < 1.29 is 14.5 Å². The SMILES string of the molecule is CC(C)(C)C(=O)CNC(=O)c1cccc([N+](=O)[O-])c1. The molecule has 1 aromatic carbocycles. The average Bonchev–Trinajstić information content (AvgIpc) is 2.34. The number of hydrogen-bond acceptors (Lipinski definition) is 4. The van der Waals surface area contributed by atoms with Gasteiger partial charge in [0.25, 0.3) is 11.6 Å². The highest BCUT2D eigenvalue weighted by atomic mass is 16.6. The third-order valence-corrected chi connectivity index (χ3v) is 2.57. The van der Waals surface area contributed by atoms with Crippen LogP contribution in [0.1, 0.15) is 31.1 Å². The summed E-state index contributed by atoms with van der Waals surface area (Å²) in [5.74, 6) is -0.604. The molecule has 19 heavy (non-hydrogen) atoms. The molecule has 6 nitrogen and oxygen atoms in total. The lowest BCUT2D eigenvalue weighted by Crippen LogP contribution is -2.35. The molecule has 1 amide bonds. The zero-order valence-corrected chi connectivity index (χ0v) is 11.1. The van der Waals surface area contributed by atoms with Gasteiger partial charge in [-0.05, 0) is 6.07 Å². The Kier molecular flexibility index (Phi) is 4.37. The molecule has 0 radical (unpaired) electrons. The van der Waals surface area contributed by atoms with Gasteiger partial charge in [0.1, 0.15) is 0 Å². The van der Waals surface area contributed by atoms with E-state index in [1.807, 2.05) is 0 Å². The molecule has 1 aromatic rings. The Morgan fingerprint density at radius 1 is 1.32 bits per heavy atom. The maximum atomic E-state index is 11.8. The largest absolute Gasteiger partial charge is 0.345 e. The van der Waals surface area contributed by atoms with Crippen LogP contribution >= 0.6 is 0 Å². The van der Waals surface area contributed by atoms with E-state index in [4.69, 9.17) is 0 Å². The fraction of sp³-hybridized carbons (Fsp3) is 0.385. The van der Waals surface area contributed by atoms with Crippen LogP contribution in [0.4, 0.5) is 5.69 Å². The first kappa shape index (κ1) is 14.8. The number of amides is 1. The van der Waals surface area contributed by atoms with Crippen LogP contribution in [-0.4, -0.2) is 23.2 Å². The summed E-state index contributed by atoms with van der Waals surface area (Å²) in [7, 11) is 0. The molecule has 0 saturated carbocycles. The number of carbonyl (C=O) groups is 2. The second-order valence-corrected chi connectivity index (χ2v) is 5.16. The third-order valence-electron chi connectivity index (χ3n) is 2.57. The summed E-state index contributed by atoms with van der Waals surface area (Å²) >= 11 is 0. The molecular formula is C13H16N2O4. The third kappa shape index (κ3) is 4.17. The number of nitro benzene ring substituents is 1. The van der Waals surface area contributed by atoms with Crippen LogP contribution in [0.3, 0.4) is 0 Å². The van der Waals surface area contributed by atoms with Crippen LogP contribution in [0.25, 0.3) is 0 Å². The quantitative estimate of drug-likeness (QED) is 0.664. The first-order valence-electron chi connectivity index (χ1n) is 5.78. The van der Waals surface area contributed by atoms with Gasteiger partial charge in [0.05, 0.1) is 11.5 Å². The second kappa shape index (κ2) is 5.60. The highest BCUT2D eigenvalue weighted by Crippen LogP contribution is 2.15. The van der Waals surface area contributed by atoms with E-state index in [0.29, 0.717) is 0 Å². The molecule has 0 saturated heterocycles. The summed E-state index contributed by atoms with van der Waals surface area (Å²) in [6.07, 6.45) is 0. The predicted molar refractivity (Wildman–Crippen MR) is 69.9 cm³/mol. The van der Waals surface area contributed by atoms with Crippen molar-refractivity contribution in [3.8, 4) is 0 Å². The number of rotatable bonds is 4. The van der Waals surface area contributed by atoms with Crippen molar-refractivity contribution in [2.75, 3.05) is 6.54 Å². The van der Waals surface area contributed by atoms with Crippen molar-refractivity contribution in [1.29, 1.82) is 0 Å². The van der Waals surface area contributed by atoms with Crippen molar-refractivity contribution in [3.05, 3.63) is 39.9 Å². The normalized spacial score (nSPS) is 10.9. The van der Waals surface area contributed by atoms with Crippen LogP contribution < -0.4 is 5.32 Å². The predicted octanol–water partition coefficient (Wildman–Crippen LogP) is 1.94. The van der Waals surface area contributed by atoms with Crippen LogP contribution in [0.2, 0.25) is 0 Å². The van der Waals surface area contributed by atoms with Gasteiger partial charge in [0, 0.05) is 23.1 Å². The molecule has 0 aliphatic heterocycles. The zero-order chi connectivity index (χ0) is 14.6. The number of ketones is 1. The summed E-state index contributed by atoms with van der Waals surface area (Å²) < 4.78 is 0. The molecule has 0 spiro atoms. The van der Waals surface area contributed by atoms with Crippen LogP contribution in [-0.2, 0) is 4.79 Å².